The highest BCUT2D eigenvalue weighted by atomic mass is 32.1. The van der Waals surface area contributed by atoms with Gasteiger partial charge in [0.2, 0.25) is 0 Å². The first-order valence-corrected chi connectivity index (χ1v) is 4.80. The summed E-state index contributed by atoms with van der Waals surface area (Å²) < 4.78 is 4.52. The quantitative estimate of drug-likeness (QED) is 0.587. The highest BCUT2D eigenvalue weighted by Crippen LogP contribution is 2.08. The van der Waals surface area contributed by atoms with Gasteiger partial charge in [-0.2, -0.15) is 12.6 Å². The van der Waals surface area contributed by atoms with Crippen LogP contribution in [-0.2, 0) is 4.74 Å². The molecule has 0 aliphatic carbocycles. The number of aromatic nitrogens is 2. The molecule has 2 N–H and O–H groups in total. The molecule has 1 aromatic heterocycles. The fourth-order valence-electron chi connectivity index (χ4n) is 0.913. The van der Waals surface area contributed by atoms with Crippen LogP contribution in [0.1, 0.15) is 16.2 Å². The predicted molar refractivity (Wildman–Crippen MR) is 60.7 cm³/mol. The Bertz CT molecular complexity index is 393. The Morgan fingerprint density at radius 3 is 3.07 bits per heavy atom. The van der Waals surface area contributed by atoms with Crippen LogP contribution >= 0.6 is 12.6 Å². The third-order valence-electron chi connectivity index (χ3n) is 1.59. The molecule has 0 bridgehead atoms. The van der Waals surface area contributed by atoms with Crippen molar-refractivity contribution in [1.82, 2.24) is 9.97 Å². The molecule has 0 aliphatic rings. The Kier molecular flexibility index (Phi) is 4.11. The summed E-state index contributed by atoms with van der Waals surface area (Å²) in [4.78, 5) is 19.1. The maximum absolute atomic E-state index is 11.2. The molecule has 0 atom stereocenters. The summed E-state index contributed by atoms with van der Waals surface area (Å²) in [7, 11) is 1.26. The summed E-state index contributed by atoms with van der Waals surface area (Å²) >= 11 is 4.00. The van der Waals surface area contributed by atoms with Crippen molar-refractivity contribution in [2.24, 2.45) is 0 Å². The largest absolute Gasteiger partial charge is 0.464 e. The Hall–Kier alpha value is -1.56. The fraction of sp³-hybridized carbons (Fsp3) is 0.222. The number of nitrogens with two attached hydrogens (primary N) is 1. The van der Waals surface area contributed by atoms with Crippen molar-refractivity contribution in [2.75, 3.05) is 18.6 Å². The maximum atomic E-state index is 11.2. The summed E-state index contributed by atoms with van der Waals surface area (Å²) in [5, 5.41) is 0. The van der Waals surface area contributed by atoms with Gasteiger partial charge in [0.1, 0.15) is 0 Å². The van der Waals surface area contributed by atoms with Gasteiger partial charge in [-0.15, -0.1) is 0 Å². The Labute approximate surface area is 92.8 Å². The molecule has 80 valence electrons. The van der Waals surface area contributed by atoms with E-state index in [9.17, 15) is 4.79 Å². The minimum absolute atomic E-state index is 0.0267. The van der Waals surface area contributed by atoms with Gasteiger partial charge < -0.3 is 10.5 Å². The third kappa shape index (κ3) is 2.95. The zero-order chi connectivity index (χ0) is 11.3. The minimum Gasteiger partial charge on any atom is -0.464 e. The third-order valence-corrected chi connectivity index (χ3v) is 1.80. The van der Waals surface area contributed by atoms with Crippen LogP contribution < -0.4 is 5.73 Å². The molecular weight excluding hydrogens is 214 g/mol. The lowest BCUT2D eigenvalue weighted by atomic mass is 10.3. The van der Waals surface area contributed by atoms with Crippen molar-refractivity contribution in [3.05, 3.63) is 23.7 Å². The summed E-state index contributed by atoms with van der Waals surface area (Å²) in [6.07, 6.45) is 4.96. The SMILES string of the molecule is COC(=O)c1nc(C=CCS)cnc1N. The lowest BCUT2D eigenvalue weighted by Crippen LogP contribution is -2.10. The Balaban J connectivity index is 3.05. The highest BCUT2D eigenvalue weighted by Gasteiger charge is 2.12. The van der Waals surface area contributed by atoms with E-state index >= 15 is 0 Å². The van der Waals surface area contributed by atoms with Gasteiger partial charge in [0.25, 0.3) is 0 Å². The predicted octanol–water partition coefficient (Wildman–Crippen LogP) is 0.788. The van der Waals surface area contributed by atoms with Crippen LogP contribution in [0.4, 0.5) is 5.82 Å². The van der Waals surface area contributed by atoms with Gasteiger partial charge >= 0.3 is 5.97 Å². The number of ether oxygens (including phenoxy) is 1. The van der Waals surface area contributed by atoms with E-state index in [-0.39, 0.29) is 11.5 Å². The highest BCUT2D eigenvalue weighted by molar-refractivity contribution is 7.80. The summed E-state index contributed by atoms with van der Waals surface area (Å²) in [6.45, 7) is 0. The van der Waals surface area contributed by atoms with Crippen molar-refractivity contribution in [3.63, 3.8) is 0 Å². The smallest absolute Gasteiger partial charge is 0.360 e. The molecule has 0 saturated heterocycles. The second-order valence-corrected chi connectivity index (χ2v) is 2.97. The van der Waals surface area contributed by atoms with Gasteiger partial charge in [-0.1, -0.05) is 6.08 Å². The van der Waals surface area contributed by atoms with Crippen LogP contribution in [0.2, 0.25) is 0 Å². The molecule has 15 heavy (non-hydrogen) atoms. The van der Waals surface area contributed by atoms with Crippen LogP contribution in [0.15, 0.2) is 12.3 Å². The number of hydrogen-bond donors (Lipinski definition) is 2. The average molecular weight is 225 g/mol. The minimum atomic E-state index is -0.596. The van der Waals surface area contributed by atoms with E-state index in [1.807, 2.05) is 0 Å². The number of nitrogen functional groups attached to an aromatic ring is 1. The van der Waals surface area contributed by atoms with Crippen molar-refractivity contribution in [2.45, 2.75) is 0 Å². The number of carbonyl (C=O) groups is 1. The van der Waals surface area contributed by atoms with Gasteiger partial charge in [-0.3, -0.25) is 0 Å². The summed E-state index contributed by atoms with van der Waals surface area (Å²) in [5.41, 5.74) is 6.05. The summed E-state index contributed by atoms with van der Waals surface area (Å²) in [6, 6.07) is 0. The van der Waals surface area contributed by atoms with Crippen molar-refractivity contribution in [1.29, 1.82) is 0 Å². The lowest BCUT2D eigenvalue weighted by Gasteiger charge is -2.02. The number of carbonyl (C=O) groups excluding carboxylic acids is 1. The molecule has 1 rings (SSSR count). The van der Waals surface area contributed by atoms with Gasteiger partial charge in [0.15, 0.2) is 11.5 Å². The van der Waals surface area contributed by atoms with Crippen LogP contribution in [0.25, 0.3) is 6.08 Å². The molecule has 6 heteroatoms. The second kappa shape index (κ2) is 5.35. The fourth-order valence-corrected chi connectivity index (χ4v) is 1.02. The van der Waals surface area contributed by atoms with E-state index in [2.05, 4.69) is 27.3 Å². The maximum Gasteiger partial charge on any atom is 0.360 e. The topological polar surface area (TPSA) is 78.1 Å². The molecular formula is C9H11N3O2S. The van der Waals surface area contributed by atoms with Gasteiger partial charge in [0, 0.05) is 5.75 Å². The zero-order valence-corrected chi connectivity index (χ0v) is 9.07. The molecule has 0 aliphatic heterocycles. The first-order chi connectivity index (χ1) is 7.19. The van der Waals surface area contributed by atoms with Crippen LogP contribution in [-0.4, -0.2) is 28.8 Å². The molecule has 0 spiro atoms. The van der Waals surface area contributed by atoms with E-state index in [1.54, 1.807) is 12.2 Å². The van der Waals surface area contributed by atoms with Crippen molar-refractivity contribution < 1.29 is 9.53 Å². The molecule has 0 radical (unpaired) electrons. The summed E-state index contributed by atoms with van der Waals surface area (Å²) in [5.74, 6) is 0.0468. The standard InChI is InChI=1S/C9H11N3O2S/c1-14-9(13)7-8(10)11-5-6(12-7)3-2-4-15/h2-3,5,15H,4H2,1H3,(H2,10,11). The van der Waals surface area contributed by atoms with E-state index in [0.29, 0.717) is 11.4 Å². The molecule has 1 heterocycles. The second-order valence-electron chi connectivity index (χ2n) is 2.61. The number of anilines is 1. The van der Waals surface area contributed by atoms with E-state index < -0.39 is 5.97 Å². The van der Waals surface area contributed by atoms with Crippen molar-refractivity contribution in [3.8, 4) is 0 Å². The number of esters is 1. The molecule has 0 saturated carbocycles. The molecule has 1 aromatic rings. The number of hydrogen-bond acceptors (Lipinski definition) is 6. The van der Waals surface area contributed by atoms with Crippen LogP contribution in [0, 0.1) is 0 Å². The number of rotatable bonds is 3. The zero-order valence-electron chi connectivity index (χ0n) is 8.17. The number of thiol groups is 1. The number of nitrogens with zero attached hydrogens (tertiary/aromatic N) is 2. The monoisotopic (exact) mass is 225 g/mol. The average Bonchev–Trinajstić information content (AvgIpc) is 2.27. The van der Waals surface area contributed by atoms with Gasteiger partial charge in [-0.05, 0) is 6.08 Å². The van der Waals surface area contributed by atoms with Gasteiger partial charge in [-0.25, -0.2) is 14.8 Å². The Morgan fingerprint density at radius 2 is 2.47 bits per heavy atom. The normalized spacial score (nSPS) is 10.5. The molecule has 5 nitrogen and oxygen atoms in total. The van der Waals surface area contributed by atoms with Gasteiger partial charge in [0.05, 0.1) is 19.0 Å². The van der Waals surface area contributed by atoms with Crippen LogP contribution in [0.3, 0.4) is 0 Å². The van der Waals surface area contributed by atoms with Crippen LogP contribution in [0.5, 0.6) is 0 Å². The molecule has 0 fully saturated rings. The van der Waals surface area contributed by atoms with Crippen molar-refractivity contribution >= 4 is 30.5 Å². The number of methoxy groups -OCH3 is 1. The first kappa shape index (κ1) is 11.5. The van der Waals surface area contributed by atoms with E-state index in [1.165, 1.54) is 13.3 Å². The van der Waals surface area contributed by atoms with E-state index in [0.717, 1.165) is 0 Å². The molecule has 0 aromatic carbocycles. The molecule has 0 amide bonds. The first-order valence-electron chi connectivity index (χ1n) is 4.17. The van der Waals surface area contributed by atoms with E-state index in [4.69, 9.17) is 5.73 Å². The molecule has 0 unspecified atom stereocenters. The Morgan fingerprint density at radius 1 is 1.73 bits per heavy atom. The lowest BCUT2D eigenvalue weighted by molar-refractivity contribution is 0.0595.